The molecule has 348 valence electrons. The van der Waals surface area contributed by atoms with Crippen molar-refractivity contribution in [2.45, 2.75) is 108 Å². The van der Waals surface area contributed by atoms with E-state index in [1.54, 1.807) is 80.6 Å². The first-order valence-electron chi connectivity index (χ1n) is 21.8. The summed E-state index contributed by atoms with van der Waals surface area (Å²) in [5, 5.41) is 41.0. The van der Waals surface area contributed by atoms with Gasteiger partial charge in [0.25, 0.3) is 5.91 Å². The fraction of sp³-hybridized carbons (Fsp3) is 0.440. The number of carbonyl (C=O) groups is 6. The smallest absolute Gasteiger partial charge is 0.338 e. The Labute approximate surface area is 380 Å². The van der Waals surface area contributed by atoms with Gasteiger partial charge in [0.05, 0.1) is 42.8 Å². The lowest BCUT2D eigenvalue weighted by Gasteiger charge is -2.67. The molecule has 4 N–H and O–H groups in total. The molecule has 2 saturated carbocycles. The molecular formula is C50H53NO15. The number of aliphatic hydroxyl groups excluding tert-OH is 2. The lowest BCUT2D eigenvalue weighted by Crippen LogP contribution is -2.82. The van der Waals surface area contributed by atoms with Crippen LogP contribution in [0.25, 0.3) is 0 Å². The molecule has 16 nitrogen and oxygen atoms in total. The van der Waals surface area contributed by atoms with Gasteiger partial charge in [-0.1, -0.05) is 68.5 Å². The number of methoxy groups -OCH3 is 1. The summed E-state index contributed by atoms with van der Waals surface area (Å²) in [4.78, 5) is 86.0. The molecule has 8 rings (SSSR count). The number of carbonyl (C=O) groups excluding carboxylic acids is 6. The molecule has 1 amide bonds. The number of hydrogen-bond donors (Lipinski definition) is 4. The van der Waals surface area contributed by atoms with Gasteiger partial charge in [-0.2, -0.15) is 0 Å². The molecule has 0 aromatic heterocycles. The quantitative estimate of drug-likeness (QED) is 0.157. The molecule has 3 aromatic carbocycles. The lowest BCUT2D eigenvalue weighted by molar-refractivity contribution is -0.345. The molecule has 3 aromatic rings. The summed E-state index contributed by atoms with van der Waals surface area (Å²) in [5.41, 5.74) is -6.95. The van der Waals surface area contributed by atoms with Crippen molar-refractivity contribution in [1.29, 1.82) is 0 Å². The summed E-state index contributed by atoms with van der Waals surface area (Å²) >= 11 is 0. The minimum atomic E-state index is -2.44. The standard InChI is InChI=1S/C50H53NO15/c1-26-33-24-50(60)43(65-45(58)30-18-12-19-31(22-30)61-6)41-48(5,42(56)40(63-27(2)52)37(26)47(50,3)4)34(53)23-35-49(41,25-62-35)66-36(54)21-13-17-28-14-10-11-20-32(28)38(39(55)46(59)64-33)51-44(57)29-15-8-7-9-16-29/h7-16,18-22,33-35,38-41,43,53,55,60H,17,23-25H2,1-6H3,(H,51,57)/b21-13-. The topological polar surface area (TPSA) is 231 Å². The van der Waals surface area contributed by atoms with E-state index in [0.29, 0.717) is 16.9 Å². The van der Waals surface area contributed by atoms with E-state index in [9.17, 15) is 39.3 Å². The van der Waals surface area contributed by atoms with E-state index >= 15 is 4.79 Å². The third kappa shape index (κ3) is 7.49. The van der Waals surface area contributed by atoms with Gasteiger partial charge in [-0.3, -0.25) is 14.4 Å². The first-order chi connectivity index (χ1) is 31.3. The zero-order valence-corrected chi connectivity index (χ0v) is 37.3. The van der Waals surface area contributed by atoms with Crippen molar-refractivity contribution in [1.82, 2.24) is 5.32 Å². The number of amides is 1. The van der Waals surface area contributed by atoms with Crippen LogP contribution in [0.1, 0.15) is 85.3 Å². The summed E-state index contributed by atoms with van der Waals surface area (Å²) in [6.45, 7) is 6.76. The van der Waals surface area contributed by atoms with Gasteiger partial charge in [0, 0.05) is 36.8 Å². The predicted octanol–water partition coefficient (Wildman–Crippen LogP) is 3.84. The number of ether oxygens (including phenoxy) is 6. The number of allylic oxidation sites excluding steroid dienone is 1. The minimum absolute atomic E-state index is 0.0174. The first kappa shape index (κ1) is 46.3. The average molecular weight is 908 g/mol. The Morgan fingerprint density at radius 3 is 2.27 bits per heavy atom. The molecule has 1 saturated heterocycles. The van der Waals surface area contributed by atoms with Crippen molar-refractivity contribution in [3.63, 3.8) is 0 Å². The van der Waals surface area contributed by atoms with Crippen molar-refractivity contribution >= 4 is 35.6 Å². The number of esters is 4. The second-order valence-electron chi connectivity index (χ2n) is 18.4. The van der Waals surface area contributed by atoms with Crippen LogP contribution in [0.5, 0.6) is 5.75 Å². The molecule has 1 spiro atoms. The summed E-state index contributed by atoms with van der Waals surface area (Å²) in [5.74, 6) is -6.88. The third-order valence-corrected chi connectivity index (χ3v) is 14.6. The fourth-order valence-electron chi connectivity index (χ4n) is 10.9. The molecule has 11 unspecified atom stereocenters. The van der Waals surface area contributed by atoms with Gasteiger partial charge < -0.3 is 49.1 Å². The highest BCUT2D eigenvalue weighted by atomic mass is 16.6. The maximum absolute atomic E-state index is 15.7. The zero-order valence-electron chi connectivity index (χ0n) is 37.3. The Kier molecular flexibility index (Phi) is 12.1. The number of Topliss-reactive ketones (excluding diaryl/α,β-unsaturated/α-hetero) is 1. The fourth-order valence-corrected chi connectivity index (χ4v) is 10.9. The molecule has 4 bridgehead atoms. The van der Waals surface area contributed by atoms with Crippen LogP contribution in [0.4, 0.5) is 0 Å². The number of nitrogens with one attached hydrogen (secondary N) is 1. The van der Waals surface area contributed by atoms with Crippen molar-refractivity contribution in [2.24, 2.45) is 16.7 Å². The van der Waals surface area contributed by atoms with Crippen LogP contribution in [0, 0.1) is 16.7 Å². The number of fused-ring (bicyclic) bond motifs is 3. The first-order valence-corrected chi connectivity index (χ1v) is 21.8. The number of hydrogen-bond acceptors (Lipinski definition) is 15. The highest BCUT2D eigenvalue weighted by Gasteiger charge is 2.78. The maximum Gasteiger partial charge on any atom is 0.338 e. The van der Waals surface area contributed by atoms with Crippen molar-refractivity contribution < 1.29 is 72.5 Å². The molecule has 0 radical (unpaired) electrons. The van der Waals surface area contributed by atoms with E-state index < -0.39 is 113 Å². The summed E-state index contributed by atoms with van der Waals surface area (Å²) in [6, 6.07) is 19.4. The van der Waals surface area contributed by atoms with Gasteiger partial charge in [-0.15, -0.1) is 0 Å². The van der Waals surface area contributed by atoms with E-state index in [1.807, 2.05) is 0 Å². The third-order valence-electron chi connectivity index (χ3n) is 14.6. The van der Waals surface area contributed by atoms with E-state index in [-0.39, 0.29) is 41.7 Å². The lowest BCUT2D eigenvalue weighted by atomic mass is 9.44. The molecule has 2 heterocycles. The average Bonchev–Trinajstić information content (AvgIpc) is 3.29. The molecule has 11 atom stereocenters. The second-order valence-corrected chi connectivity index (χ2v) is 18.4. The monoisotopic (exact) mass is 907 g/mol. The van der Waals surface area contributed by atoms with Gasteiger partial charge in [0.15, 0.2) is 23.6 Å². The van der Waals surface area contributed by atoms with E-state index in [2.05, 4.69) is 5.32 Å². The Hall–Kier alpha value is -6.20. The highest BCUT2D eigenvalue weighted by molar-refractivity contribution is 5.96. The van der Waals surface area contributed by atoms with Crippen LogP contribution in [-0.4, -0.2) is 112 Å². The predicted molar refractivity (Wildman–Crippen MR) is 231 cm³/mol. The minimum Gasteiger partial charge on any atom is -0.497 e. The van der Waals surface area contributed by atoms with Gasteiger partial charge >= 0.3 is 23.9 Å². The molecule has 66 heavy (non-hydrogen) atoms. The molecule has 3 fully saturated rings. The SMILES string of the molecule is COc1cccc(C(=O)OC2C3C45COC4CC(O)C3(C)C(=O)C(OC(C)=O)C3=C(C)C(CC2(O)C3(C)C)OC(=O)C(O)C(NC(=O)c2ccccc2)c2ccccc2C/C=C\C(=O)O5)c1. The number of benzene rings is 3. The molecule has 2 aliphatic heterocycles. The molecule has 3 aliphatic carbocycles. The van der Waals surface area contributed by atoms with Crippen LogP contribution in [0.15, 0.2) is 102 Å². The Morgan fingerprint density at radius 2 is 1.59 bits per heavy atom. The number of rotatable bonds is 6. The molecular weight excluding hydrogens is 855 g/mol. The summed E-state index contributed by atoms with van der Waals surface area (Å²) < 4.78 is 36.4. The normalized spacial score (nSPS) is 34.1. The largest absolute Gasteiger partial charge is 0.497 e. The maximum atomic E-state index is 15.7. The van der Waals surface area contributed by atoms with Gasteiger partial charge in [-0.25, -0.2) is 14.4 Å². The number of aliphatic hydroxyl groups is 3. The van der Waals surface area contributed by atoms with Gasteiger partial charge in [-0.05, 0) is 72.9 Å². The molecule has 5 aliphatic rings. The van der Waals surface area contributed by atoms with Crippen LogP contribution >= 0.6 is 0 Å². The van der Waals surface area contributed by atoms with Crippen molar-refractivity contribution in [2.75, 3.05) is 13.7 Å². The highest BCUT2D eigenvalue weighted by Crippen LogP contribution is 2.64. The van der Waals surface area contributed by atoms with E-state index in [0.717, 1.165) is 13.0 Å². The summed E-state index contributed by atoms with van der Waals surface area (Å²) in [6.07, 6.45) is -8.21. The van der Waals surface area contributed by atoms with Gasteiger partial charge in [0.2, 0.25) is 0 Å². The van der Waals surface area contributed by atoms with Crippen molar-refractivity contribution in [3.05, 3.63) is 124 Å². The van der Waals surface area contributed by atoms with Crippen molar-refractivity contribution in [3.8, 4) is 5.75 Å². The number of ketones is 1. The second kappa shape index (κ2) is 17.2. The van der Waals surface area contributed by atoms with Crippen LogP contribution in [-0.2, 0) is 49.3 Å². The van der Waals surface area contributed by atoms with Crippen LogP contribution in [0.3, 0.4) is 0 Å². The van der Waals surface area contributed by atoms with Gasteiger partial charge in [0.1, 0.15) is 29.7 Å². The Balaban J connectivity index is 1.37. The Morgan fingerprint density at radius 1 is 0.894 bits per heavy atom. The van der Waals surface area contributed by atoms with E-state index in [4.69, 9.17) is 28.4 Å². The van der Waals surface area contributed by atoms with Crippen LogP contribution < -0.4 is 10.1 Å². The summed E-state index contributed by atoms with van der Waals surface area (Å²) in [7, 11) is 1.41. The Bertz CT molecular complexity index is 2530. The van der Waals surface area contributed by atoms with E-state index in [1.165, 1.54) is 39.2 Å². The van der Waals surface area contributed by atoms with Crippen LogP contribution in [0.2, 0.25) is 0 Å². The molecule has 16 heteroatoms. The zero-order chi connectivity index (χ0) is 47.5.